The summed E-state index contributed by atoms with van der Waals surface area (Å²) in [5.74, 6) is -0.773. The minimum Gasteiger partial charge on any atom is -0.318 e. The summed E-state index contributed by atoms with van der Waals surface area (Å²) < 4.78 is 38.4. The van der Waals surface area contributed by atoms with E-state index in [2.05, 4.69) is 10.3 Å². The third-order valence-electron chi connectivity index (χ3n) is 5.13. The van der Waals surface area contributed by atoms with Crippen LogP contribution < -0.4 is 5.32 Å². The van der Waals surface area contributed by atoms with Gasteiger partial charge >= 0.3 is 0 Å². The Balaban J connectivity index is 1.56. The highest BCUT2D eigenvalue weighted by molar-refractivity contribution is 7.89. The Morgan fingerprint density at radius 2 is 1.85 bits per heavy atom. The molecular formula is C24H22FN3O3S2. The van der Waals surface area contributed by atoms with Gasteiger partial charge in [0.05, 0.1) is 11.4 Å². The highest BCUT2D eigenvalue weighted by atomic mass is 32.2. The van der Waals surface area contributed by atoms with Gasteiger partial charge in [-0.25, -0.2) is 17.8 Å². The van der Waals surface area contributed by atoms with E-state index in [1.165, 1.54) is 23.5 Å². The Morgan fingerprint density at radius 3 is 2.55 bits per heavy atom. The van der Waals surface area contributed by atoms with Gasteiger partial charge in [0.1, 0.15) is 5.82 Å². The van der Waals surface area contributed by atoms with Crippen LogP contribution in [0.15, 0.2) is 60.0 Å². The van der Waals surface area contributed by atoms with Crippen LogP contribution in [0.3, 0.4) is 0 Å². The Labute approximate surface area is 195 Å². The van der Waals surface area contributed by atoms with Crippen molar-refractivity contribution in [2.45, 2.75) is 19.6 Å². The minimum atomic E-state index is -3.20. The van der Waals surface area contributed by atoms with E-state index in [0.717, 1.165) is 34.6 Å². The quantitative estimate of drug-likeness (QED) is 0.411. The van der Waals surface area contributed by atoms with Gasteiger partial charge < -0.3 is 4.57 Å². The van der Waals surface area contributed by atoms with Crippen LogP contribution in [0.1, 0.15) is 27.3 Å². The van der Waals surface area contributed by atoms with Gasteiger partial charge in [0.25, 0.3) is 5.91 Å². The molecule has 9 heteroatoms. The molecule has 2 aromatic carbocycles. The van der Waals surface area contributed by atoms with E-state index in [1.54, 1.807) is 36.4 Å². The average molecular weight is 484 g/mol. The van der Waals surface area contributed by atoms with Gasteiger partial charge in [-0.1, -0.05) is 12.1 Å². The summed E-state index contributed by atoms with van der Waals surface area (Å²) >= 11 is 1.31. The Bertz CT molecular complexity index is 1440. The van der Waals surface area contributed by atoms with Crippen molar-refractivity contribution in [2.75, 3.05) is 11.6 Å². The molecule has 0 spiro atoms. The van der Waals surface area contributed by atoms with E-state index in [4.69, 9.17) is 0 Å². The molecule has 0 saturated heterocycles. The van der Waals surface area contributed by atoms with Crippen LogP contribution in [-0.4, -0.2) is 30.1 Å². The van der Waals surface area contributed by atoms with E-state index in [0.29, 0.717) is 16.3 Å². The number of rotatable bonds is 6. The van der Waals surface area contributed by atoms with Crippen LogP contribution in [0.4, 0.5) is 9.52 Å². The number of hydrogen-bond acceptors (Lipinski definition) is 5. The lowest BCUT2D eigenvalue weighted by Gasteiger charge is -2.09. The topological polar surface area (TPSA) is 81.1 Å². The fraction of sp³-hybridized carbons (Fsp3) is 0.167. The van der Waals surface area contributed by atoms with E-state index in [9.17, 15) is 17.6 Å². The predicted octanol–water partition coefficient (Wildman–Crippen LogP) is 5.15. The van der Waals surface area contributed by atoms with Gasteiger partial charge in [0.15, 0.2) is 15.0 Å². The molecule has 170 valence electrons. The fourth-order valence-electron chi connectivity index (χ4n) is 3.74. The summed E-state index contributed by atoms with van der Waals surface area (Å²) in [6.07, 6.45) is 1.16. The lowest BCUT2D eigenvalue weighted by Crippen LogP contribution is -2.12. The number of hydrogen-bond donors (Lipinski definition) is 1. The zero-order chi connectivity index (χ0) is 23.8. The molecular weight excluding hydrogens is 461 g/mol. The van der Waals surface area contributed by atoms with Crippen LogP contribution in [0.25, 0.3) is 16.9 Å². The van der Waals surface area contributed by atoms with E-state index < -0.39 is 9.84 Å². The highest BCUT2D eigenvalue weighted by Gasteiger charge is 2.16. The van der Waals surface area contributed by atoms with Gasteiger partial charge in [-0.3, -0.25) is 10.1 Å². The second kappa shape index (κ2) is 8.92. The molecule has 4 aromatic rings. The van der Waals surface area contributed by atoms with Crippen molar-refractivity contribution < 1.29 is 17.6 Å². The minimum absolute atomic E-state index is 0.126. The number of thiazole rings is 1. The maximum atomic E-state index is 13.3. The van der Waals surface area contributed by atoms with Crippen LogP contribution in [0, 0.1) is 19.7 Å². The molecule has 2 heterocycles. The van der Waals surface area contributed by atoms with Gasteiger partial charge in [0.2, 0.25) is 0 Å². The predicted molar refractivity (Wildman–Crippen MR) is 129 cm³/mol. The van der Waals surface area contributed by atoms with Crippen molar-refractivity contribution in [3.05, 3.63) is 88.3 Å². The van der Waals surface area contributed by atoms with Crippen LogP contribution in [0.2, 0.25) is 0 Å². The monoisotopic (exact) mass is 483 g/mol. The summed E-state index contributed by atoms with van der Waals surface area (Å²) in [5, 5.41) is 5.10. The molecule has 0 aliphatic rings. The lowest BCUT2D eigenvalue weighted by molar-refractivity contribution is 0.102. The molecule has 0 aliphatic carbocycles. The van der Waals surface area contributed by atoms with E-state index >= 15 is 0 Å². The van der Waals surface area contributed by atoms with Gasteiger partial charge in [-0.05, 0) is 61.9 Å². The highest BCUT2D eigenvalue weighted by Crippen LogP contribution is 2.32. The number of halogens is 1. The zero-order valence-corrected chi connectivity index (χ0v) is 19.9. The van der Waals surface area contributed by atoms with Crippen molar-refractivity contribution in [1.29, 1.82) is 0 Å². The number of aryl methyl sites for hydroxylation is 1. The summed E-state index contributed by atoms with van der Waals surface area (Å²) in [5.41, 5.74) is 5.36. The number of nitrogens with zero attached hydrogens (tertiary/aromatic N) is 2. The molecule has 0 aliphatic heterocycles. The van der Waals surface area contributed by atoms with Crippen molar-refractivity contribution >= 4 is 32.2 Å². The SMILES string of the molecule is Cc1cc(-c2csc(NC(=O)c3cccc(CS(C)(=O)=O)c3)n2)c(C)n1-c1ccc(F)cc1. The summed E-state index contributed by atoms with van der Waals surface area (Å²) in [6.45, 7) is 3.94. The smallest absolute Gasteiger partial charge is 0.257 e. The van der Waals surface area contributed by atoms with Gasteiger partial charge in [0, 0.05) is 39.8 Å². The average Bonchev–Trinajstić information content (AvgIpc) is 3.31. The third kappa shape index (κ3) is 5.20. The standard InChI is InChI=1S/C24H22FN3O3S2/c1-15-11-21(16(2)28(15)20-9-7-19(25)8-10-20)22-13-32-24(26-22)27-23(29)18-6-4-5-17(12-18)14-33(3,30)31/h4-13H,14H2,1-3H3,(H,26,27,29). The summed E-state index contributed by atoms with van der Waals surface area (Å²) in [7, 11) is -3.20. The number of nitrogens with one attached hydrogen (secondary N) is 1. The van der Waals surface area contributed by atoms with Crippen molar-refractivity contribution in [2.24, 2.45) is 0 Å². The van der Waals surface area contributed by atoms with Crippen LogP contribution >= 0.6 is 11.3 Å². The van der Waals surface area contributed by atoms with E-state index in [1.807, 2.05) is 29.9 Å². The molecule has 0 unspecified atom stereocenters. The van der Waals surface area contributed by atoms with Gasteiger partial charge in [-0.2, -0.15) is 0 Å². The molecule has 6 nitrogen and oxygen atoms in total. The second-order valence-corrected chi connectivity index (χ2v) is 10.9. The maximum absolute atomic E-state index is 13.3. The lowest BCUT2D eigenvalue weighted by atomic mass is 10.1. The number of benzene rings is 2. The number of aromatic nitrogens is 2. The molecule has 2 aromatic heterocycles. The molecule has 0 radical (unpaired) electrons. The maximum Gasteiger partial charge on any atom is 0.257 e. The molecule has 4 rings (SSSR count). The Morgan fingerprint density at radius 1 is 1.12 bits per heavy atom. The van der Waals surface area contributed by atoms with E-state index in [-0.39, 0.29) is 17.5 Å². The first-order valence-corrected chi connectivity index (χ1v) is 13.0. The molecule has 1 amide bonds. The summed E-state index contributed by atoms with van der Waals surface area (Å²) in [6, 6.07) is 14.8. The normalized spacial score (nSPS) is 11.5. The van der Waals surface area contributed by atoms with Crippen molar-refractivity contribution in [1.82, 2.24) is 9.55 Å². The largest absolute Gasteiger partial charge is 0.318 e. The molecule has 0 atom stereocenters. The first-order valence-electron chi connectivity index (χ1n) is 10.1. The molecule has 0 fully saturated rings. The Kier molecular flexibility index (Phi) is 6.18. The molecule has 33 heavy (non-hydrogen) atoms. The van der Waals surface area contributed by atoms with Crippen LogP contribution in [0.5, 0.6) is 0 Å². The number of carbonyl (C=O) groups excluding carboxylic acids is 1. The second-order valence-electron chi connectivity index (χ2n) is 7.86. The first kappa shape index (κ1) is 22.9. The van der Waals surface area contributed by atoms with Crippen LogP contribution in [-0.2, 0) is 15.6 Å². The molecule has 1 N–H and O–H groups in total. The Hall–Kier alpha value is -3.30. The van der Waals surface area contributed by atoms with Crippen molar-refractivity contribution in [3.63, 3.8) is 0 Å². The first-order chi connectivity index (χ1) is 15.6. The fourth-order valence-corrected chi connectivity index (χ4v) is 5.23. The molecule has 0 saturated carbocycles. The zero-order valence-electron chi connectivity index (χ0n) is 18.3. The van der Waals surface area contributed by atoms with Gasteiger partial charge in [-0.15, -0.1) is 11.3 Å². The van der Waals surface area contributed by atoms with Crippen molar-refractivity contribution in [3.8, 4) is 16.9 Å². The summed E-state index contributed by atoms with van der Waals surface area (Å²) in [4.78, 5) is 17.3. The number of carbonyl (C=O) groups is 1. The number of anilines is 1. The number of sulfone groups is 1. The third-order valence-corrected chi connectivity index (χ3v) is 6.75. The number of amides is 1. The molecule has 0 bridgehead atoms.